The summed E-state index contributed by atoms with van der Waals surface area (Å²) in [5.41, 5.74) is 0. The zero-order chi connectivity index (χ0) is 6.24. The Kier molecular flexibility index (Phi) is 14.0. The van der Waals surface area contributed by atoms with Crippen LogP contribution in [0.25, 0.3) is 0 Å². The summed E-state index contributed by atoms with van der Waals surface area (Å²) in [5.74, 6) is 0. The van der Waals surface area contributed by atoms with Gasteiger partial charge in [0.1, 0.15) is 0 Å². The summed E-state index contributed by atoms with van der Waals surface area (Å²) in [6, 6.07) is 0. The second-order valence-electron chi connectivity index (χ2n) is 2.14. The third kappa shape index (κ3) is 11.5. The molecule has 0 bridgehead atoms. The third-order valence-corrected chi connectivity index (χ3v) is 1.26. The fourth-order valence-corrected chi connectivity index (χ4v) is 0.715. The van der Waals surface area contributed by atoms with Crippen LogP contribution in [0.4, 0.5) is 0 Å². The van der Waals surface area contributed by atoms with Gasteiger partial charge in [-0.15, -0.1) is 0 Å². The fourth-order valence-electron chi connectivity index (χ4n) is 0.715. The van der Waals surface area contributed by atoms with Crippen molar-refractivity contribution in [3.8, 4) is 0 Å². The lowest BCUT2D eigenvalue weighted by atomic mass is 10.2. The third-order valence-electron chi connectivity index (χ3n) is 1.26. The van der Waals surface area contributed by atoms with Gasteiger partial charge in [-0.2, -0.15) is 0 Å². The highest BCUT2D eigenvalue weighted by Gasteiger charge is 1.84. The van der Waals surface area contributed by atoms with E-state index >= 15 is 0 Å². The number of unbranched alkanes of at least 4 members (excludes halogenated alkanes) is 4. The van der Waals surface area contributed by atoms with Crippen molar-refractivity contribution in [3.63, 3.8) is 0 Å². The molecule has 2 nitrogen and oxygen atoms in total. The van der Waals surface area contributed by atoms with Gasteiger partial charge in [0, 0.05) is 6.61 Å². The van der Waals surface area contributed by atoms with Crippen LogP contribution >= 0.6 is 0 Å². The zero-order valence-electron chi connectivity index (χ0n) is 6.19. The minimum absolute atomic E-state index is 0. The Balaban J connectivity index is 0. The van der Waals surface area contributed by atoms with E-state index in [9.17, 15) is 0 Å². The maximum absolute atomic E-state index is 8.37. The Hall–Kier alpha value is -0.0800. The Bertz CT molecular complexity index is 31.9. The SMILES string of the molecule is CCCCCCCO.O. The summed E-state index contributed by atoms with van der Waals surface area (Å²) in [5, 5.41) is 8.37. The molecule has 0 aromatic carbocycles. The van der Waals surface area contributed by atoms with Crippen LogP contribution in [0.3, 0.4) is 0 Å². The summed E-state index contributed by atoms with van der Waals surface area (Å²) in [6.07, 6.45) is 6.08. The van der Waals surface area contributed by atoms with E-state index in [-0.39, 0.29) is 5.48 Å². The van der Waals surface area contributed by atoms with Gasteiger partial charge in [-0.1, -0.05) is 32.6 Å². The largest absolute Gasteiger partial charge is 0.412 e. The molecule has 0 saturated carbocycles. The van der Waals surface area contributed by atoms with Gasteiger partial charge < -0.3 is 10.6 Å². The summed E-state index contributed by atoms with van der Waals surface area (Å²) in [4.78, 5) is 0. The molecule has 0 amide bonds. The molecule has 0 heterocycles. The van der Waals surface area contributed by atoms with Crippen molar-refractivity contribution >= 4 is 0 Å². The van der Waals surface area contributed by atoms with Gasteiger partial charge in [0.25, 0.3) is 0 Å². The molecule has 0 saturated heterocycles. The standard InChI is InChI=1S/C7H16O.H2O/c1-2-3-4-5-6-7-8;/h8H,2-7H2,1H3;1H2. The van der Waals surface area contributed by atoms with Crippen LogP contribution in [-0.4, -0.2) is 17.2 Å². The van der Waals surface area contributed by atoms with Crippen molar-refractivity contribution in [1.29, 1.82) is 0 Å². The van der Waals surface area contributed by atoms with Crippen LogP contribution < -0.4 is 0 Å². The van der Waals surface area contributed by atoms with E-state index in [1.165, 1.54) is 25.7 Å². The fraction of sp³-hybridized carbons (Fsp3) is 1.00. The highest BCUT2D eigenvalue weighted by Crippen LogP contribution is 2.00. The van der Waals surface area contributed by atoms with E-state index < -0.39 is 0 Å². The average molecular weight is 134 g/mol. The van der Waals surface area contributed by atoms with Crippen molar-refractivity contribution in [2.24, 2.45) is 0 Å². The Labute approximate surface area is 57.2 Å². The maximum atomic E-state index is 8.37. The molecule has 2 heteroatoms. The van der Waals surface area contributed by atoms with Gasteiger partial charge in [0.2, 0.25) is 0 Å². The second-order valence-corrected chi connectivity index (χ2v) is 2.14. The highest BCUT2D eigenvalue weighted by atomic mass is 16.2. The molecule has 0 aromatic heterocycles. The van der Waals surface area contributed by atoms with Gasteiger partial charge in [0.15, 0.2) is 0 Å². The van der Waals surface area contributed by atoms with Gasteiger partial charge in [-0.25, -0.2) is 0 Å². The number of rotatable bonds is 5. The molecule has 0 rings (SSSR count). The zero-order valence-corrected chi connectivity index (χ0v) is 6.19. The first-order valence-corrected chi connectivity index (χ1v) is 3.52. The van der Waals surface area contributed by atoms with Gasteiger partial charge >= 0.3 is 0 Å². The second kappa shape index (κ2) is 10.8. The van der Waals surface area contributed by atoms with Crippen molar-refractivity contribution in [1.82, 2.24) is 0 Å². The lowest BCUT2D eigenvalue weighted by Gasteiger charge is -1.93. The van der Waals surface area contributed by atoms with Crippen LogP contribution in [0.1, 0.15) is 39.0 Å². The molecular weight excluding hydrogens is 116 g/mol. The van der Waals surface area contributed by atoms with Gasteiger partial charge in [-0.3, -0.25) is 0 Å². The van der Waals surface area contributed by atoms with Crippen LogP contribution in [0.15, 0.2) is 0 Å². The molecule has 58 valence electrons. The van der Waals surface area contributed by atoms with E-state index in [0.717, 1.165) is 6.42 Å². The normalized spacial score (nSPS) is 8.67. The molecule has 0 aliphatic rings. The molecule has 0 fully saturated rings. The molecule has 0 aliphatic carbocycles. The Morgan fingerprint density at radius 3 is 2.00 bits per heavy atom. The molecule has 0 unspecified atom stereocenters. The van der Waals surface area contributed by atoms with E-state index in [4.69, 9.17) is 5.11 Å². The predicted molar refractivity (Wildman–Crippen MR) is 39.5 cm³/mol. The molecule has 3 N–H and O–H groups in total. The minimum Gasteiger partial charge on any atom is -0.412 e. The average Bonchev–Trinajstić information content (AvgIpc) is 1.81. The van der Waals surface area contributed by atoms with Crippen LogP contribution in [0.5, 0.6) is 0 Å². The van der Waals surface area contributed by atoms with E-state index in [1.807, 2.05) is 0 Å². The van der Waals surface area contributed by atoms with E-state index in [1.54, 1.807) is 0 Å². The van der Waals surface area contributed by atoms with E-state index in [0.29, 0.717) is 6.61 Å². The van der Waals surface area contributed by atoms with E-state index in [2.05, 4.69) is 6.92 Å². The molecule has 9 heavy (non-hydrogen) atoms. The molecule has 0 aromatic rings. The minimum atomic E-state index is 0. The van der Waals surface area contributed by atoms with Crippen LogP contribution in [-0.2, 0) is 0 Å². The first-order valence-electron chi connectivity index (χ1n) is 3.52. The highest BCUT2D eigenvalue weighted by molar-refractivity contribution is 4.39. The van der Waals surface area contributed by atoms with Crippen molar-refractivity contribution in [2.75, 3.05) is 6.61 Å². The van der Waals surface area contributed by atoms with Gasteiger partial charge in [-0.05, 0) is 6.42 Å². The first-order chi connectivity index (χ1) is 3.91. The molecule has 0 spiro atoms. The topological polar surface area (TPSA) is 51.7 Å². The maximum Gasteiger partial charge on any atom is 0.0431 e. The number of hydrogen-bond acceptors (Lipinski definition) is 1. The summed E-state index contributed by atoms with van der Waals surface area (Å²) in [6.45, 7) is 2.56. The summed E-state index contributed by atoms with van der Waals surface area (Å²) < 4.78 is 0. The Morgan fingerprint density at radius 2 is 1.56 bits per heavy atom. The first kappa shape index (κ1) is 11.7. The molecular formula is C7H18O2. The number of hydrogen-bond donors (Lipinski definition) is 1. The smallest absolute Gasteiger partial charge is 0.0431 e. The molecule has 0 radical (unpaired) electrons. The number of aliphatic hydroxyl groups is 1. The van der Waals surface area contributed by atoms with Crippen LogP contribution in [0, 0.1) is 0 Å². The number of aliphatic hydroxyl groups excluding tert-OH is 1. The Morgan fingerprint density at radius 1 is 1.00 bits per heavy atom. The van der Waals surface area contributed by atoms with Crippen LogP contribution in [0.2, 0.25) is 0 Å². The summed E-state index contributed by atoms with van der Waals surface area (Å²) >= 11 is 0. The summed E-state index contributed by atoms with van der Waals surface area (Å²) in [7, 11) is 0. The quantitative estimate of drug-likeness (QED) is 0.563. The van der Waals surface area contributed by atoms with Crippen molar-refractivity contribution in [3.05, 3.63) is 0 Å². The molecule has 0 aliphatic heterocycles. The lowest BCUT2D eigenvalue weighted by molar-refractivity contribution is 0.282. The predicted octanol–water partition coefficient (Wildman–Crippen LogP) is 1.12. The lowest BCUT2D eigenvalue weighted by Crippen LogP contribution is -1.81. The molecule has 0 atom stereocenters. The van der Waals surface area contributed by atoms with Gasteiger partial charge in [0.05, 0.1) is 0 Å². The van der Waals surface area contributed by atoms with Crippen molar-refractivity contribution in [2.45, 2.75) is 39.0 Å². The van der Waals surface area contributed by atoms with Crippen molar-refractivity contribution < 1.29 is 10.6 Å². The monoisotopic (exact) mass is 134 g/mol.